The van der Waals surface area contributed by atoms with Crippen molar-refractivity contribution in [2.24, 2.45) is 0 Å². The summed E-state index contributed by atoms with van der Waals surface area (Å²) in [7, 11) is 6.36. The third-order valence-corrected chi connectivity index (χ3v) is 2.73. The van der Waals surface area contributed by atoms with Crippen LogP contribution in [0.25, 0.3) is 0 Å². The van der Waals surface area contributed by atoms with E-state index in [4.69, 9.17) is 10.5 Å². The Balaban J connectivity index is 3.11. The summed E-state index contributed by atoms with van der Waals surface area (Å²) in [6.07, 6.45) is 0. The number of nitrogens with two attached hydrogens (primary N) is 1. The molecule has 0 aliphatic heterocycles. The number of rotatable bonds is 4. The molecule has 0 saturated heterocycles. The summed E-state index contributed by atoms with van der Waals surface area (Å²) >= 11 is 0. The molecular weight excluding hydrogens is 246 g/mol. The van der Waals surface area contributed by atoms with E-state index in [2.05, 4.69) is 0 Å². The van der Waals surface area contributed by atoms with Gasteiger partial charge in [0.2, 0.25) is 5.91 Å². The minimum Gasteiger partial charge on any atom is -0.465 e. The number of anilines is 2. The van der Waals surface area contributed by atoms with Gasteiger partial charge in [-0.1, -0.05) is 6.07 Å². The Kier molecular flexibility index (Phi) is 4.74. The Morgan fingerprint density at radius 3 is 2.42 bits per heavy atom. The van der Waals surface area contributed by atoms with E-state index < -0.39 is 5.97 Å². The molecular formula is C13H19N3O3. The molecule has 6 nitrogen and oxygen atoms in total. The van der Waals surface area contributed by atoms with Crippen LogP contribution in [-0.2, 0) is 9.53 Å². The molecule has 2 N–H and O–H groups in total. The van der Waals surface area contributed by atoms with Gasteiger partial charge in [0.25, 0.3) is 0 Å². The number of carbonyl (C=O) groups is 2. The van der Waals surface area contributed by atoms with Crippen molar-refractivity contribution < 1.29 is 14.3 Å². The van der Waals surface area contributed by atoms with Crippen molar-refractivity contribution in [2.75, 3.05) is 45.4 Å². The van der Waals surface area contributed by atoms with Crippen LogP contribution in [0.5, 0.6) is 0 Å². The molecule has 0 atom stereocenters. The zero-order valence-electron chi connectivity index (χ0n) is 11.6. The molecule has 1 rings (SSSR count). The average Bonchev–Trinajstić information content (AvgIpc) is 2.36. The van der Waals surface area contributed by atoms with Crippen molar-refractivity contribution >= 4 is 23.3 Å². The summed E-state index contributed by atoms with van der Waals surface area (Å²) in [4.78, 5) is 26.5. The number of amides is 1. The third kappa shape index (κ3) is 3.37. The molecule has 1 aromatic carbocycles. The van der Waals surface area contributed by atoms with Gasteiger partial charge < -0.3 is 20.3 Å². The summed E-state index contributed by atoms with van der Waals surface area (Å²) in [6.45, 7) is 0.130. The van der Waals surface area contributed by atoms with Crippen LogP contribution in [0.4, 0.5) is 11.4 Å². The number of esters is 1. The molecule has 0 bridgehead atoms. The van der Waals surface area contributed by atoms with Gasteiger partial charge in [0.1, 0.15) is 0 Å². The van der Waals surface area contributed by atoms with Crippen LogP contribution in [-0.4, -0.2) is 51.6 Å². The number of methoxy groups -OCH3 is 1. The molecule has 0 spiro atoms. The molecule has 0 aromatic heterocycles. The summed E-state index contributed by atoms with van der Waals surface area (Å²) in [5.74, 6) is -0.562. The van der Waals surface area contributed by atoms with Gasteiger partial charge in [-0.05, 0) is 12.1 Å². The summed E-state index contributed by atoms with van der Waals surface area (Å²) < 4.78 is 4.72. The molecule has 0 fully saturated rings. The standard InChI is InChI=1S/C13H19N3O3/c1-15(2)11(17)8-16(3)12-9(13(18)19-4)6-5-7-10(12)14/h5-7H,8,14H2,1-4H3. The first-order chi connectivity index (χ1) is 8.88. The van der Waals surface area contributed by atoms with Gasteiger partial charge in [0.05, 0.1) is 30.6 Å². The van der Waals surface area contributed by atoms with Crippen LogP contribution in [0.3, 0.4) is 0 Å². The molecule has 104 valence electrons. The lowest BCUT2D eigenvalue weighted by Gasteiger charge is -2.24. The SMILES string of the molecule is COC(=O)c1cccc(N)c1N(C)CC(=O)N(C)C. The highest BCUT2D eigenvalue weighted by Gasteiger charge is 2.19. The lowest BCUT2D eigenvalue weighted by atomic mass is 10.1. The van der Waals surface area contributed by atoms with Crippen molar-refractivity contribution in [3.63, 3.8) is 0 Å². The van der Waals surface area contributed by atoms with Crippen molar-refractivity contribution in [3.05, 3.63) is 23.8 Å². The van der Waals surface area contributed by atoms with E-state index in [1.807, 2.05) is 0 Å². The number of benzene rings is 1. The van der Waals surface area contributed by atoms with Crippen molar-refractivity contribution in [1.29, 1.82) is 0 Å². The second-order valence-corrected chi connectivity index (χ2v) is 4.38. The molecule has 1 aromatic rings. The Morgan fingerprint density at radius 2 is 1.89 bits per heavy atom. The quantitative estimate of drug-likeness (QED) is 0.636. The van der Waals surface area contributed by atoms with Crippen molar-refractivity contribution in [1.82, 2.24) is 4.90 Å². The zero-order chi connectivity index (χ0) is 14.6. The van der Waals surface area contributed by atoms with E-state index in [0.29, 0.717) is 16.9 Å². The summed E-state index contributed by atoms with van der Waals surface area (Å²) in [6, 6.07) is 4.97. The number of para-hydroxylation sites is 1. The highest BCUT2D eigenvalue weighted by molar-refractivity contribution is 5.99. The highest BCUT2D eigenvalue weighted by Crippen LogP contribution is 2.27. The molecule has 0 saturated carbocycles. The van der Waals surface area contributed by atoms with Gasteiger partial charge in [0, 0.05) is 21.1 Å². The van der Waals surface area contributed by atoms with Gasteiger partial charge in [0.15, 0.2) is 0 Å². The van der Waals surface area contributed by atoms with Gasteiger partial charge in [-0.2, -0.15) is 0 Å². The lowest BCUT2D eigenvalue weighted by molar-refractivity contribution is -0.127. The highest BCUT2D eigenvalue weighted by atomic mass is 16.5. The Labute approximate surface area is 112 Å². The molecule has 0 heterocycles. The second-order valence-electron chi connectivity index (χ2n) is 4.38. The van der Waals surface area contributed by atoms with E-state index in [9.17, 15) is 9.59 Å². The van der Waals surface area contributed by atoms with Gasteiger partial charge >= 0.3 is 5.97 Å². The molecule has 0 radical (unpaired) electrons. The van der Waals surface area contributed by atoms with Crippen molar-refractivity contribution in [3.8, 4) is 0 Å². The first kappa shape index (κ1) is 14.8. The third-order valence-electron chi connectivity index (χ3n) is 2.73. The van der Waals surface area contributed by atoms with Gasteiger partial charge in [-0.25, -0.2) is 4.79 Å². The second kappa shape index (κ2) is 6.08. The van der Waals surface area contributed by atoms with Crippen LogP contribution in [0.15, 0.2) is 18.2 Å². The van der Waals surface area contributed by atoms with E-state index >= 15 is 0 Å². The van der Waals surface area contributed by atoms with E-state index in [1.54, 1.807) is 44.2 Å². The Hall–Kier alpha value is -2.24. The predicted molar refractivity (Wildman–Crippen MR) is 74.2 cm³/mol. The molecule has 0 aliphatic rings. The van der Waals surface area contributed by atoms with E-state index in [-0.39, 0.29) is 12.5 Å². The fraction of sp³-hybridized carbons (Fsp3) is 0.385. The molecule has 6 heteroatoms. The van der Waals surface area contributed by atoms with Crippen LogP contribution in [0, 0.1) is 0 Å². The Morgan fingerprint density at radius 1 is 1.26 bits per heavy atom. The minimum absolute atomic E-state index is 0.0819. The molecule has 0 aliphatic carbocycles. The van der Waals surface area contributed by atoms with Crippen LogP contribution in [0.1, 0.15) is 10.4 Å². The maximum Gasteiger partial charge on any atom is 0.340 e. The smallest absolute Gasteiger partial charge is 0.340 e. The normalized spacial score (nSPS) is 9.89. The zero-order valence-corrected chi connectivity index (χ0v) is 11.6. The van der Waals surface area contributed by atoms with Gasteiger partial charge in [-0.3, -0.25) is 4.79 Å². The maximum absolute atomic E-state index is 11.7. The number of likely N-dealkylation sites (N-methyl/N-ethyl adjacent to an activating group) is 2. The fourth-order valence-electron chi connectivity index (χ4n) is 1.69. The lowest BCUT2D eigenvalue weighted by Crippen LogP contribution is -2.35. The Bertz CT molecular complexity index is 486. The van der Waals surface area contributed by atoms with Crippen LogP contribution < -0.4 is 10.6 Å². The maximum atomic E-state index is 11.7. The van der Waals surface area contributed by atoms with Crippen LogP contribution >= 0.6 is 0 Å². The average molecular weight is 265 g/mol. The summed E-state index contributed by atoms with van der Waals surface area (Å²) in [5.41, 5.74) is 7.17. The fourth-order valence-corrected chi connectivity index (χ4v) is 1.69. The number of hydrogen-bond acceptors (Lipinski definition) is 5. The molecule has 0 unspecified atom stereocenters. The monoisotopic (exact) mass is 265 g/mol. The van der Waals surface area contributed by atoms with Crippen LogP contribution in [0.2, 0.25) is 0 Å². The predicted octanol–water partition coefficient (Wildman–Crippen LogP) is 0.580. The number of nitrogen functional groups attached to an aromatic ring is 1. The molecule has 19 heavy (non-hydrogen) atoms. The number of nitrogens with zero attached hydrogens (tertiary/aromatic N) is 2. The van der Waals surface area contributed by atoms with E-state index in [0.717, 1.165) is 0 Å². The first-order valence-corrected chi connectivity index (χ1v) is 5.76. The largest absolute Gasteiger partial charge is 0.465 e. The topological polar surface area (TPSA) is 75.9 Å². The number of ether oxygens (including phenoxy) is 1. The molecule has 1 amide bonds. The summed E-state index contributed by atoms with van der Waals surface area (Å²) in [5, 5.41) is 0. The minimum atomic E-state index is -0.480. The van der Waals surface area contributed by atoms with Crippen molar-refractivity contribution in [2.45, 2.75) is 0 Å². The first-order valence-electron chi connectivity index (χ1n) is 5.76. The number of hydrogen-bond donors (Lipinski definition) is 1. The van der Waals surface area contributed by atoms with Gasteiger partial charge in [-0.15, -0.1) is 0 Å². The van der Waals surface area contributed by atoms with E-state index in [1.165, 1.54) is 12.0 Å². The number of carbonyl (C=O) groups excluding carboxylic acids is 2.